The normalized spacial score (nSPS) is 22.4. The minimum atomic E-state index is -0.520. The van der Waals surface area contributed by atoms with Crippen LogP contribution in [-0.4, -0.2) is 39.8 Å². The molecule has 6 nitrogen and oxygen atoms in total. The van der Waals surface area contributed by atoms with E-state index in [1.54, 1.807) is 6.07 Å². The van der Waals surface area contributed by atoms with Crippen molar-refractivity contribution < 1.29 is 9.59 Å². The van der Waals surface area contributed by atoms with Crippen LogP contribution in [0.5, 0.6) is 0 Å². The van der Waals surface area contributed by atoms with Crippen LogP contribution in [0.2, 0.25) is 0 Å². The molecule has 1 saturated heterocycles. The summed E-state index contributed by atoms with van der Waals surface area (Å²) in [7, 11) is 0. The van der Waals surface area contributed by atoms with E-state index >= 15 is 0 Å². The van der Waals surface area contributed by atoms with Crippen LogP contribution in [0.25, 0.3) is 0 Å². The van der Waals surface area contributed by atoms with Gasteiger partial charge in [-0.1, -0.05) is 19.3 Å². The number of hydrogen-bond acceptors (Lipinski definition) is 4. The Kier molecular flexibility index (Phi) is 6.00. The van der Waals surface area contributed by atoms with Crippen molar-refractivity contribution in [1.29, 1.82) is 0 Å². The number of primary amides is 1. The third-order valence-corrected chi connectivity index (χ3v) is 5.59. The predicted octanol–water partition coefficient (Wildman–Crippen LogP) is 2.33. The number of hydrogen-bond donors (Lipinski definition) is 1. The van der Waals surface area contributed by atoms with Crippen LogP contribution in [0.1, 0.15) is 67.5 Å². The summed E-state index contributed by atoms with van der Waals surface area (Å²) >= 11 is 0. The highest BCUT2D eigenvalue weighted by Gasteiger charge is 2.28. The van der Waals surface area contributed by atoms with Gasteiger partial charge in [0.1, 0.15) is 12.0 Å². The quantitative estimate of drug-likeness (QED) is 0.908. The highest BCUT2D eigenvalue weighted by atomic mass is 16.2. The lowest BCUT2D eigenvalue weighted by Gasteiger charge is -2.28. The molecule has 1 atom stereocenters. The maximum atomic E-state index is 12.7. The van der Waals surface area contributed by atoms with Crippen molar-refractivity contribution in [3.05, 3.63) is 23.8 Å². The zero-order valence-corrected chi connectivity index (χ0v) is 14.8. The Bertz CT molecular complexity index is 613. The van der Waals surface area contributed by atoms with Crippen molar-refractivity contribution in [1.82, 2.24) is 14.9 Å². The molecule has 0 unspecified atom stereocenters. The molecule has 6 heteroatoms. The summed E-state index contributed by atoms with van der Waals surface area (Å²) in [6.07, 6.45) is 11.1. The molecule has 1 aliphatic carbocycles. The number of aromatic nitrogens is 2. The summed E-state index contributed by atoms with van der Waals surface area (Å²) in [5.41, 5.74) is 6.42. The van der Waals surface area contributed by atoms with Crippen molar-refractivity contribution in [3.8, 4) is 0 Å². The first-order chi connectivity index (χ1) is 12.1. The molecule has 2 fully saturated rings. The summed E-state index contributed by atoms with van der Waals surface area (Å²) in [5, 5.41) is 0. The van der Waals surface area contributed by atoms with Crippen molar-refractivity contribution in [2.45, 2.75) is 57.8 Å². The Balaban J connectivity index is 1.55. The van der Waals surface area contributed by atoms with Crippen LogP contribution in [-0.2, 0) is 11.2 Å². The average molecular weight is 344 g/mol. The third kappa shape index (κ3) is 4.77. The molecule has 25 heavy (non-hydrogen) atoms. The second kappa shape index (κ2) is 8.41. The van der Waals surface area contributed by atoms with Gasteiger partial charge in [0.15, 0.2) is 0 Å². The van der Waals surface area contributed by atoms with Gasteiger partial charge in [-0.05, 0) is 50.5 Å². The Morgan fingerprint density at radius 2 is 1.84 bits per heavy atom. The Labute approximate surface area is 149 Å². The van der Waals surface area contributed by atoms with E-state index in [9.17, 15) is 9.59 Å². The molecule has 1 aliphatic heterocycles. The standard InChI is InChI=1S/C19H28N4O2/c20-18(24)17-12-16(21-13-22-17)11-14-5-4-9-23(10-8-14)19(25)15-6-2-1-3-7-15/h12-15H,1-11H2,(H2,20,24)/t14-/m1/s1. The zero-order chi connectivity index (χ0) is 17.6. The maximum absolute atomic E-state index is 12.7. The molecule has 136 valence electrons. The number of carbonyl (C=O) groups is 2. The fourth-order valence-corrected chi connectivity index (χ4v) is 4.14. The fourth-order valence-electron chi connectivity index (χ4n) is 4.14. The van der Waals surface area contributed by atoms with Gasteiger partial charge in [0.05, 0.1) is 0 Å². The minimum absolute atomic E-state index is 0.255. The zero-order valence-electron chi connectivity index (χ0n) is 14.8. The molecule has 1 aromatic heterocycles. The van der Waals surface area contributed by atoms with E-state index < -0.39 is 5.91 Å². The van der Waals surface area contributed by atoms with E-state index in [1.807, 2.05) is 0 Å². The molecule has 0 aromatic carbocycles. The topological polar surface area (TPSA) is 89.2 Å². The number of likely N-dealkylation sites (tertiary alicyclic amines) is 1. The Hall–Kier alpha value is -1.98. The summed E-state index contributed by atoms with van der Waals surface area (Å²) in [4.78, 5) is 34.3. The van der Waals surface area contributed by atoms with Gasteiger partial charge in [-0.2, -0.15) is 0 Å². The van der Waals surface area contributed by atoms with Gasteiger partial charge in [0.2, 0.25) is 5.91 Å². The Morgan fingerprint density at radius 1 is 1.04 bits per heavy atom. The number of rotatable bonds is 4. The molecule has 3 rings (SSSR count). The average Bonchev–Trinajstić information content (AvgIpc) is 2.87. The fraction of sp³-hybridized carbons (Fsp3) is 0.684. The van der Waals surface area contributed by atoms with Crippen molar-refractivity contribution in [3.63, 3.8) is 0 Å². The molecule has 2 heterocycles. The van der Waals surface area contributed by atoms with E-state index in [2.05, 4.69) is 14.9 Å². The first-order valence-electron chi connectivity index (χ1n) is 9.53. The van der Waals surface area contributed by atoms with Crippen molar-refractivity contribution in [2.24, 2.45) is 17.6 Å². The van der Waals surface area contributed by atoms with Gasteiger partial charge >= 0.3 is 0 Å². The van der Waals surface area contributed by atoms with Gasteiger partial charge < -0.3 is 10.6 Å². The van der Waals surface area contributed by atoms with E-state index in [1.165, 1.54) is 25.6 Å². The minimum Gasteiger partial charge on any atom is -0.364 e. The molecule has 2 N–H and O–H groups in total. The van der Waals surface area contributed by atoms with Gasteiger partial charge in [0, 0.05) is 24.7 Å². The van der Waals surface area contributed by atoms with Crippen LogP contribution in [0, 0.1) is 11.8 Å². The third-order valence-electron chi connectivity index (χ3n) is 5.59. The largest absolute Gasteiger partial charge is 0.364 e. The lowest BCUT2D eigenvalue weighted by Crippen LogP contribution is -2.37. The molecular weight excluding hydrogens is 316 g/mol. The highest BCUT2D eigenvalue weighted by Crippen LogP contribution is 2.28. The van der Waals surface area contributed by atoms with E-state index in [-0.39, 0.29) is 11.6 Å². The van der Waals surface area contributed by atoms with Gasteiger partial charge in [-0.15, -0.1) is 0 Å². The van der Waals surface area contributed by atoms with Crippen molar-refractivity contribution in [2.75, 3.05) is 13.1 Å². The molecule has 2 aliphatic rings. The smallest absolute Gasteiger partial charge is 0.267 e. The molecule has 0 spiro atoms. The van der Waals surface area contributed by atoms with Crippen molar-refractivity contribution >= 4 is 11.8 Å². The predicted molar refractivity (Wildman–Crippen MR) is 94.7 cm³/mol. The summed E-state index contributed by atoms with van der Waals surface area (Å²) in [6, 6.07) is 1.69. The molecular formula is C19H28N4O2. The first-order valence-corrected chi connectivity index (χ1v) is 9.53. The maximum Gasteiger partial charge on any atom is 0.267 e. The van der Waals surface area contributed by atoms with Crippen LogP contribution < -0.4 is 5.73 Å². The number of nitrogens with zero attached hydrogens (tertiary/aromatic N) is 3. The van der Waals surface area contributed by atoms with Crippen LogP contribution in [0.15, 0.2) is 12.4 Å². The van der Waals surface area contributed by atoms with Gasteiger partial charge in [0.25, 0.3) is 5.91 Å². The van der Waals surface area contributed by atoms with E-state index in [4.69, 9.17) is 5.73 Å². The second-order valence-corrected chi connectivity index (χ2v) is 7.42. The molecule has 0 radical (unpaired) electrons. The number of nitrogens with two attached hydrogens (primary N) is 1. The highest BCUT2D eigenvalue weighted by molar-refractivity contribution is 5.90. The van der Waals surface area contributed by atoms with E-state index in [0.717, 1.165) is 57.3 Å². The number of carbonyl (C=O) groups excluding carboxylic acids is 2. The summed E-state index contributed by atoms with van der Waals surface area (Å²) < 4.78 is 0. The van der Waals surface area contributed by atoms with E-state index in [0.29, 0.717) is 11.8 Å². The lowest BCUT2D eigenvalue weighted by molar-refractivity contribution is -0.136. The summed E-state index contributed by atoms with van der Waals surface area (Å²) in [5.74, 6) is 0.595. The molecule has 0 bridgehead atoms. The van der Waals surface area contributed by atoms with Gasteiger partial charge in [-0.25, -0.2) is 9.97 Å². The van der Waals surface area contributed by atoms with Crippen LogP contribution in [0.4, 0.5) is 0 Å². The van der Waals surface area contributed by atoms with Crippen LogP contribution >= 0.6 is 0 Å². The molecule has 2 amide bonds. The lowest BCUT2D eigenvalue weighted by atomic mass is 9.88. The SMILES string of the molecule is NC(=O)c1cc(C[C@@H]2CCCN(C(=O)C3CCCCC3)CC2)ncn1. The first kappa shape index (κ1) is 17.8. The monoisotopic (exact) mass is 344 g/mol. The van der Waals surface area contributed by atoms with Gasteiger partial charge in [-0.3, -0.25) is 9.59 Å². The summed E-state index contributed by atoms with van der Waals surface area (Å²) in [6.45, 7) is 1.72. The molecule has 1 aromatic rings. The van der Waals surface area contributed by atoms with Crippen LogP contribution in [0.3, 0.4) is 0 Å². The number of amides is 2. The molecule has 1 saturated carbocycles. The Morgan fingerprint density at radius 3 is 2.60 bits per heavy atom. The second-order valence-electron chi connectivity index (χ2n) is 7.42.